The van der Waals surface area contributed by atoms with Gasteiger partial charge in [0.25, 0.3) is 0 Å². The molecule has 1 aliphatic heterocycles. The highest BCUT2D eigenvalue weighted by Gasteiger charge is 2.27. The molecule has 4 nitrogen and oxygen atoms in total. The van der Waals surface area contributed by atoms with Gasteiger partial charge < -0.3 is 10.0 Å². The molecule has 1 atom stereocenters. The number of amides is 1. The van der Waals surface area contributed by atoms with E-state index in [2.05, 4.69) is 18.4 Å². The molecule has 0 radical (unpaired) electrons. The van der Waals surface area contributed by atoms with Gasteiger partial charge in [-0.05, 0) is 43.2 Å². The van der Waals surface area contributed by atoms with E-state index < -0.39 is 5.97 Å². The summed E-state index contributed by atoms with van der Waals surface area (Å²) in [4.78, 5) is 25.9. The summed E-state index contributed by atoms with van der Waals surface area (Å²) in [7, 11) is 0. The van der Waals surface area contributed by atoms with Crippen molar-refractivity contribution in [2.24, 2.45) is 0 Å². The lowest BCUT2D eigenvalue weighted by molar-refractivity contribution is -0.138. The molecule has 0 aromatic carbocycles. The van der Waals surface area contributed by atoms with Crippen LogP contribution in [0.1, 0.15) is 49.1 Å². The van der Waals surface area contributed by atoms with Crippen LogP contribution in [0.5, 0.6) is 0 Å². The first-order valence-electron chi connectivity index (χ1n) is 6.67. The second-order valence-electron chi connectivity index (χ2n) is 4.91. The summed E-state index contributed by atoms with van der Waals surface area (Å²) in [5.41, 5.74) is 1.27. The topological polar surface area (TPSA) is 57.6 Å². The number of hydrogen-bond acceptors (Lipinski definition) is 3. The Balaban J connectivity index is 1.85. The highest BCUT2D eigenvalue weighted by atomic mass is 32.1. The summed E-state index contributed by atoms with van der Waals surface area (Å²) in [6.45, 7) is 2.85. The molecule has 1 aromatic heterocycles. The van der Waals surface area contributed by atoms with E-state index in [1.807, 2.05) is 4.90 Å². The van der Waals surface area contributed by atoms with Crippen LogP contribution >= 0.6 is 11.3 Å². The van der Waals surface area contributed by atoms with Crippen molar-refractivity contribution >= 4 is 23.2 Å². The average molecular weight is 281 g/mol. The van der Waals surface area contributed by atoms with Crippen molar-refractivity contribution in [2.75, 3.05) is 6.54 Å². The Morgan fingerprint density at radius 2 is 2.16 bits per heavy atom. The van der Waals surface area contributed by atoms with Gasteiger partial charge in [0.05, 0.1) is 6.04 Å². The minimum Gasteiger partial charge on any atom is -0.481 e. The van der Waals surface area contributed by atoms with E-state index in [-0.39, 0.29) is 18.4 Å². The molecule has 2 heterocycles. The van der Waals surface area contributed by atoms with Crippen molar-refractivity contribution in [1.82, 2.24) is 4.90 Å². The van der Waals surface area contributed by atoms with Crippen molar-refractivity contribution in [2.45, 2.75) is 45.1 Å². The molecule has 1 amide bonds. The van der Waals surface area contributed by atoms with E-state index in [9.17, 15) is 9.59 Å². The van der Waals surface area contributed by atoms with Gasteiger partial charge in [-0.15, -0.1) is 11.3 Å². The molecule has 5 heteroatoms. The Morgan fingerprint density at radius 3 is 2.89 bits per heavy atom. The van der Waals surface area contributed by atoms with Gasteiger partial charge in [0.1, 0.15) is 0 Å². The highest BCUT2D eigenvalue weighted by molar-refractivity contribution is 7.10. The third kappa shape index (κ3) is 3.35. The summed E-state index contributed by atoms with van der Waals surface area (Å²) >= 11 is 1.76. The van der Waals surface area contributed by atoms with E-state index >= 15 is 0 Å². The monoisotopic (exact) mass is 281 g/mol. The third-order valence-electron chi connectivity index (χ3n) is 3.63. The van der Waals surface area contributed by atoms with Gasteiger partial charge in [0, 0.05) is 24.3 Å². The first-order chi connectivity index (χ1) is 9.09. The maximum Gasteiger partial charge on any atom is 0.303 e. The van der Waals surface area contributed by atoms with Gasteiger partial charge in [-0.25, -0.2) is 0 Å². The summed E-state index contributed by atoms with van der Waals surface area (Å²) in [5, 5.41) is 10.6. The molecule has 2 rings (SSSR count). The molecule has 0 saturated carbocycles. The minimum atomic E-state index is -0.790. The number of nitrogens with zero attached hydrogens (tertiary/aromatic N) is 1. The summed E-state index contributed by atoms with van der Waals surface area (Å²) in [6.07, 6.45) is 2.78. The lowest BCUT2D eigenvalue weighted by atomic mass is 10.0. The van der Waals surface area contributed by atoms with Crippen LogP contribution in [-0.2, 0) is 16.0 Å². The lowest BCUT2D eigenvalue weighted by Gasteiger charge is -2.33. The number of aliphatic carboxylic acids is 1. The largest absolute Gasteiger partial charge is 0.481 e. The van der Waals surface area contributed by atoms with E-state index in [1.54, 1.807) is 11.3 Å². The fraction of sp³-hybridized carbons (Fsp3) is 0.571. The van der Waals surface area contributed by atoms with Crippen molar-refractivity contribution in [3.63, 3.8) is 0 Å². The summed E-state index contributed by atoms with van der Waals surface area (Å²) in [6, 6.07) is 2.26. The number of thiophene rings is 1. The van der Waals surface area contributed by atoms with Crippen molar-refractivity contribution in [3.8, 4) is 0 Å². The Morgan fingerprint density at radius 1 is 1.42 bits per heavy atom. The smallest absolute Gasteiger partial charge is 0.303 e. The first kappa shape index (κ1) is 14.1. The van der Waals surface area contributed by atoms with E-state index in [0.29, 0.717) is 19.3 Å². The number of hydrogen-bond donors (Lipinski definition) is 1. The van der Waals surface area contributed by atoms with Crippen LogP contribution in [-0.4, -0.2) is 28.4 Å². The SMILES string of the molecule is CC1c2ccsc2CCN1C(=O)CCCCC(=O)O. The number of carbonyl (C=O) groups excluding carboxylic acids is 1. The molecule has 1 aliphatic rings. The number of unbranched alkanes of at least 4 members (excludes halogenated alkanes) is 1. The van der Waals surface area contributed by atoms with E-state index in [1.165, 1.54) is 10.4 Å². The van der Waals surface area contributed by atoms with Gasteiger partial charge in [0.2, 0.25) is 5.91 Å². The van der Waals surface area contributed by atoms with Gasteiger partial charge in [-0.3, -0.25) is 9.59 Å². The molecule has 0 fully saturated rings. The van der Waals surface area contributed by atoms with Gasteiger partial charge in [-0.2, -0.15) is 0 Å². The van der Waals surface area contributed by atoms with Crippen LogP contribution < -0.4 is 0 Å². The molecule has 0 bridgehead atoms. The number of carboxylic acids is 1. The second-order valence-corrected chi connectivity index (χ2v) is 5.91. The standard InChI is InChI=1S/C14H19NO3S/c1-10-11-7-9-19-12(11)6-8-15(10)13(16)4-2-3-5-14(17)18/h7,9-10H,2-6,8H2,1H3,(H,17,18). The average Bonchev–Trinajstić information content (AvgIpc) is 2.83. The molecule has 1 unspecified atom stereocenters. The zero-order valence-corrected chi connectivity index (χ0v) is 11.9. The predicted octanol–water partition coefficient (Wildman–Crippen LogP) is 2.84. The van der Waals surface area contributed by atoms with Crippen LogP contribution in [0.4, 0.5) is 0 Å². The number of rotatable bonds is 5. The molecule has 19 heavy (non-hydrogen) atoms. The molecule has 0 saturated heterocycles. The van der Waals surface area contributed by atoms with Gasteiger partial charge >= 0.3 is 5.97 Å². The maximum atomic E-state index is 12.2. The summed E-state index contributed by atoms with van der Waals surface area (Å²) in [5.74, 6) is -0.642. The molecule has 1 N–H and O–H groups in total. The fourth-order valence-corrected chi connectivity index (χ4v) is 3.51. The lowest BCUT2D eigenvalue weighted by Crippen LogP contribution is -2.38. The third-order valence-corrected chi connectivity index (χ3v) is 4.63. The second kappa shape index (κ2) is 6.19. The molecular formula is C14H19NO3S. The van der Waals surface area contributed by atoms with Crippen molar-refractivity contribution in [1.29, 1.82) is 0 Å². The molecule has 0 spiro atoms. The molecule has 104 valence electrons. The van der Waals surface area contributed by atoms with Crippen molar-refractivity contribution < 1.29 is 14.7 Å². The van der Waals surface area contributed by atoms with Crippen LogP contribution in [0.25, 0.3) is 0 Å². The Hall–Kier alpha value is -1.36. The van der Waals surface area contributed by atoms with Crippen LogP contribution in [0.15, 0.2) is 11.4 Å². The number of carbonyl (C=O) groups is 2. The van der Waals surface area contributed by atoms with Crippen LogP contribution in [0.2, 0.25) is 0 Å². The van der Waals surface area contributed by atoms with Gasteiger partial charge in [-0.1, -0.05) is 0 Å². The maximum absolute atomic E-state index is 12.2. The normalized spacial score (nSPS) is 18.2. The Labute approximate surface area is 117 Å². The van der Waals surface area contributed by atoms with E-state index in [0.717, 1.165) is 13.0 Å². The fourth-order valence-electron chi connectivity index (χ4n) is 2.55. The number of fused-ring (bicyclic) bond motifs is 1. The molecule has 1 aromatic rings. The van der Waals surface area contributed by atoms with Crippen molar-refractivity contribution in [3.05, 3.63) is 21.9 Å². The zero-order valence-electron chi connectivity index (χ0n) is 11.1. The Bertz CT molecular complexity index is 469. The number of carboxylic acid groups (broad SMARTS) is 1. The van der Waals surface area contributed by atoms with Gasteiger partial charge in [0.15, 0.2) is 0 Å². The predicted molar refractivity (Wildman–Crippen MR) is 74.3 cm³/mol. The van der Waals surface area contributed by atoms with Crippen LogP contribution in [0, 0.1) is 0 Å². The molecular weight excluding hydrogens is 262 g/mol. The first-order valence-corrected chi connectivity index (χ1v) is 7.55. The Kier molecular flexibility index (Phi) is 4.58. The minimum absolute atomic E-state index is 0.148. The van der Waals surface area contributed by atoms with Crippen LogP contribution in [0.3, 0.4) is 0 Å². The quantitative estimate of drug-likeness (QED) is 0.844. The molecule has 0 aliphatic carbocycles. The van der Waals surface area contributed by atoms with E-state index in [4.69, 9.17) is 5.11 Å². The highest BCUT2D eigenvalue weighted by Crippen LogP contribution is 2.33. The zero-order chi connectivity index (χ0) is 13.8. The summed E-state index contributed by atoms with van der Waals surface area (Å²) < 4.78 is 0.